The van der Waals surface area contributed by atoms with Gasteiger partial charge in [0.1, 0.15) is 6.04 Å². The van der Waals surface area contributed by atoms with Gasteiger partial charge in [-0.05, 0) is 17.2 Å². The van der Waals surface area contributed by atoms with Crippen LogP contribution in [0.25, 0.3) is 10.9 Å². The van der Waals surface area contributed by atoms with Gasteiger partial charge in [0, 0.05) is 29.9 Å². The number of amides is 2. The van der Waals surface area contributed by atoms with Crippen molar-refractivity contribution < 1.29 is 15.3 Å². The molecule has 0 bridgehead atoms. The molecule has 0 spiro atoms. The van der Waals surface area contributed by atoms with E-state index in [1.807, 2.05) is 60.8 Å². The minimum atomic E-state index is -0.776. The van der Waals surface area contributed by atoms with Gasteiger partial charge in [0.15, 0.2) is 6.04 Å². The minimum absolute atomic E-state index is 0.280. The topological polar surface area (TPSA) is 116 Å². The van der Waals surface area contributed by atoms with E-state index in [9.17, 15) is 9.59 Å². The van der Waals surface area contributed by atoms with Crippen molar-refractivity contribution in [2.24, 2.45) is 5.73 Å². The van der Waals surface area contributed by atoms with Crippen molar-refractivity contribution in [3.8, 4) is 0 Å². The molecule has 3 aromatic rings. The number of rotatable bonds is 7. The van der Waals surface area contributed by atoms with Crippen LogP contribution in [0.15, 0.2) is 60.8 Å². The van der Waals surface area contributed by atoms with Gasteiger partial charge in [-0.15, -0.1) is 0 Å². The highest BCUT2D eigenvalue weighted by Crippen LogP contribution is 2.19. The summed E-state index contributed by atoms with van der Waals surface area (Å²) in [4.78, 5) is 27.5. The third-order valence-corrected chi connectivity index (χ3v) is 4.45. The van der Waals surface area contributed by atoms with E-state index in [-0.39, 0.29) is 5.91 Å². The van der Waals surface area contributed by atoms with Gasteiger partial charge in [-0.2, -0.15) is 0 Å². The van der Waals surface area contributed by atoms with Crippen molar-refractivity contribution in [2.75, 3.05) is 0 Å². The molecule has 2 aromatic carbocycles. The largest absolute Gasteiger partial charge is 0.368 e. The van der Waals surface area contributed by atoms with Gasteiger partial charge < -0.3 is 21.8 Å². The first-order valence-electron chi connectivity index (χ1n) is 8.56. The van der Waals surface area contributed by atoms with E-state index in [0.717, 1.165) is 22.0 Å². The Morgan fingerprint density at radius 2 is 1.73 bits per heavy atom. The number of carbonyl (C=O) groups is 2. The Kier molecular flexibility index (Phi) is 5.34. The van der Waals surface area contributed by atoms with Crippen molar-refractivity contribution in [2.45, 2.75) is 24.9 Å². The SMILES string of the molecule is NC(=O)[C@H](Cc1c[nH]c2ccccc12)NC(=O)[C@@H]([NH3+])Cc1ccccc1. The predicted molar refractivity (Wildman–Crippen MR) is 99.9 cm³/mol. The average Bonchev–Trinajstić information content (AvgIpc) is 3.05. The summed E-state index contributed by atoms with van der Waals surface area (Å²) in [6.45, 7) is 0. The Hall–Kier alpha value is -3.12. The van der Waals surface area contributed by atoms with Crippen LogP contribution in [0.2, 0.25) is 0 Å². The lowest BCUT2D eigenvalue weighted by molar-refractivity contribution is -0.403. The van der Waals surface area contributed by atoms with Crippen molar-refractivity contribution in [3.05, 3.63) is 71.9 Å². The number of hydrogen-bond acceptors (Lipinski definition) is 2. The number of nitrogens with one attached hydrogen (secondary N) is 2. The van der Waals surface area contributed by atoms with E-state index in [1.54, 1.807) is 0 Å². The van der Waals surface area contributed by atoms with Crippen LogP contribution in [0.1, 0.15) is 11.1 Å². The Bertz CT molecular complexity index is 904. The third-order valence-electron chi connectivity index (χ3n) is 4.45. The molecule has 0 saturated carbocycles. The second kappa shape index (κ2) is 7.84. The van der Waals surface area contributed by atoms with Gasteiger partial charge in [-0.3, -0.25) is 9.59 Å². The normalized spacial score (nSPS) is 13.3. The molecule has 134 valence electrons. The molecule has 3 rings (SSSR count). The quantitative estimate of drug-likeness (QED) is 0.497. The monoisotopic (exact) mass is 351 g/mol. The van der Waals surface area contributed by atoms with Crippen LogP contribution in [0.4, 0.5) is 0 Å². The van der Waals surface area contributed by atoms with Gasteiger partial charge in [-0.25, -0.2) is 0 Å². The van der Waals surface area contributed by atoms with Crippen LogP contribution in [0, 0.1) is 0 Å². The molecule has 0 aliphatic carbocycles. The van der Waals surface area contributed by atoms with Crippen molar-refractivity contribution >= 4 is 22.7 Å². The molecule has 0 radical (unpaired) electrons. The Balaban J connectivity index is 1.68. The first-order chi connectivity index (χ1) is 12.5. The molecule has 6 nitrogen and oxygen atoms in total. The standard InChI is InChI=1S/C20H22N4O2/c21-16(10-13-6-2-1-3-7-13)20(26)24-18(19(22)25)11-14-12-23-17-9-5-4-8-15(14)17/h1-9,12,16,18,23H,10-11,21H2,(H2,22,25)(H,24,26)/p+1/t16-,18-/m0/s1. The first kappa shape index (κ1) is 17.7. The molecule has 2 atom stereocenters. The molecule has 0 fully saturated rings. The lowest BCUT2D eigenvalue weighted by Crippen LogP contribution is -2.69. The van der Waals surface area contributed by atoms with Crippen LogP contribution in [-0.4, -0.2) is 28.9 Å². The molecule has 0 aliphatic heterocycles. The zero-order chi connectivity index (χ0) is 18.5. The van der Waals surface area contributed by atoms with Crippen LogP contribution >= 0.6 is 0 Å². The van der Waals surface area contributed by atoms with Gasteiger partial charge >= 0.3 is 0 Å². The molecule has 7 N–H and O–H groups in total. The van der Waals surface area contributed by atoms with Crippen molar-refractivity contribution in [1.82, 2.24) is 10.3 Å². The fourth-order valence-corrected chi connectivity index (χ4v) is 3.02. The van der Waals surface area contributed by atoms with E-state index in [4.69, 9.17) is 5.73 Å². The molecular weight excluding hydrogens is 328 g/mol. The number of aromatic amines is 1. The van der Waals surface area contributed by atoms with Crippen LogP contribution < -0.4 is 16.8 Å². The first-order valence-corrected chi connectivity index (χ1v) is 8.56. The summed E-state index contributed by atoms with van der Waals surface area (Å²) in [5, 5.41) is 3.77. The highest BCUT2D eigenvalue weighted by molar-refractivity contribution is 5.90. The average molecular weight is 351 g/mol. The summed E-state index contributed by atoms with van der Waals surface area (Å²) in [6, 6.07) is 16.2. The number of fused-ring (bicyclic) bond motifs is 1. The van der Waals surface area contributed by atoms with E-state index in [2.05, 4.69) is 16.0 Å². The molecule has 1 aromatic heterocycles. The van der Waals surface area contributed by atoms with Gasteiger partial charge in [0.25, 0.3) is 5.91 Å². The lowest BCUT2D eigenvalue weighted by atomic mass is 10.0. The number of quaternary nitrogens is 1. The van der Waals surface area contributed by atoms with Crippen LogP contribution in [-0.2, 0) is 22.4 Å². The molecular formula is C20H23N4O2+. The molecule has 6 heteroatoms. The second-order valence-electron chi connectivity index (χ2n) is 6.41. The fraction of sp³-hybridized carbons (Fsp3) is 0.200. The van der Waals surface area contributed by atoms with Crippen molar-refractivity contribution in [3.63, 3.8) is 0 Å². The molecule has 26 heavy (non-hydrogen) atoms. The highest BCUT2D eigenvalue weighted by atomic mass is 16.2. The Morgan fingerprint density at radius 3 is 2.46 bits per heavy atom. The summed E-state index contributed by atoms with van der Waals surface area (Å²) in [7, 11) is 0. The second-order valence-corrected chi connectivity index (χ2v) is 6.41. The maximum Gasteiger partial charge on any atom is 0.279 e. The minimum Gasteiger partial charge on any atom is -0.368 e. The van der Waals surface area contributed by atoms with Crippen molar-refractivity contribution in [1.29, 1.82) is 0 Å². The smallest absolute Gasteiger partial charge is 0.279 e. The Morgan fingerprint density at radius 1 is 1.04 bits per heavy atom. The van der Waals surface area contributed by atoms with Gasteiger partial charge in [0.2, 0.25) is 5.91 Å². The van der Waals surface area contributed by atoms with E-state index in [0.29, 0.717) is 12.8 Å². The zero-order valence-corrected chi connectivity index (χ0v) is 14.4. The summed E-state index contributed by atoms with van der Waals surface area (Å²) in [6.07, 6.45) is 2.69. The number of H-pyrrole nitrogens is 1. The van der Waals surface area contributed by atoms with E-state index < -0.39 is 18.0 Å². The molecule has 0 saturated heterocycles. The Labute approximate surface area is 151 Å². The number of para-hydroxylation sites is 1. The van der Waals surface area contributed by atoms with Gasteiger partial charge in [0.05, 0.1) is 0 Å². The van der Waals surface area contributed by atoms with E-state index >= 15 is 0 Å². The number of benzene rings is 2. The van der Waals surface area contributed by atoms with Gasteiger partial charge in [-0.1, -0.05) is 48.5 Å². The predicted octanol–water partition coefficient (Wildman–Crippen LogP) is 0.534. The maximum absolute atomic E-state index is 12.5. The zero-order valence-electron chi connectivity index (χ0n) is 14.4. The summed E-state index contributed by atoms with van der Waals surface area (Å²) in [5.41, 5.74) is 12.4. The molecule has 0 unspecified atom stereocenters. The highest BCUT2D eigenvalue weighted by Gasteiger charge is 2.25. The number of aromatic nitrogens is 1. The number of hydrogen-bond donors (Lipinski definition) is 4. The van der Waals surface area contributed by atoms with E-state index in [1.165, 1.54) is 0 Å². The summed E-state index contributed by atoms with van der Waals surface area (Å²) >= 11 is 0. The number of nitrogens with two attached hydrogens (primary N) is 1. The molecule has 0 aliphatic rings. The third kappa shape index (κ3) is 4.10. The summed E-state index contributed by atoms with van der Waals surface area (Å²) < 4.78 is 0. The molecule has 2 amide bonds. The van der Waals surface area contributed by atoms with Crippen LogP contribution in [0.5, 0.6) is 0 Å². The number of carbonyl (C=O) groups excluding carboxylic acids is 2. The fourth-order valence-electron chi connectivity index (χ4n) is 3.02. The summed E-state index contributed by atoms with van der Waals surface area (Å²) in [5.74, 6) is -0.840. The lowest BCUT2D eigenvalue weighted by Gasteiger charge is -2.17. The molecule has 1 heterocycles. The number of primary amides is 1. The van der Waals surface area contributed by atoms with Crippen LogP contribution in [0.3, 0.4) is 0 Å². The maximum atomic E-state index is 12.5.